The summed E-state index contributed by atoms with van der Waals surface area (Å²) in [6, 6.07) is 15.6. The van der Waals surface area contributed by atoms with E-state index in [4.69, 9.17) is 9.72 Å². The molecule has 210 valence electrons. The van der Waals surface area contributed by atoms with E-state index in [1.807, 2.05) is 31.2 Å². The number of aromatic nitrogens is 6. The van der Waals surface area contributed by atoms with Gasteiger partial charge < -0.3 is 19.9 Å². The van der Waals surface area contributed by atoms with Crippen molar-refractivity contribution in [1.29, 1.82) is 0 Å². The number of aromatic amines is 1. The van der Waals surface area contributed by atoms with Crippen molar-refractivity contribution in [1.82, 2.24) is 34.8 Å². The molecule has 0 radical (unpaired) electrons. The minimum atomic E-state index is -0.481. The summed E-state index contributed by atoms with van der Waals surface area (Å²) in [7, 11) is 6.70. The highest BCUT2D eigenvalue weighted by Gasteiger charge is 2.23. The number of amides is 1. The van der Waals surface area contributed by atoms with Gasteiger partial charge in [-0.1, -0.05) is 24.3 Å². The maximum Gasteiger partial charge on any atom is 0.253 e. The van der Waals surface area contributed by atoms with Crippen molar-refractivity contribution in [3.8, 4) is 17.0 Å². The molecule has 12 heteroatoms. The Balaban J connectivity index is 1.47. The number of hydrogen-bond donors (Lipinski definition) is 2. The summed E-state index contributed by atoms with van der Waals surface area (Å²) in [4.78, 5) is 25.2. The molecule has 0 atom stereocenters. The van der Waals surface area contributed by atoms with Gasteiger partial charge in [0.1, 0.15) is 11.5 Å². The van der Waals surface area contributed by atoms with Gasteiger partial charge in [0.25, 0.3) is 5.91 Å². The van der Waals surface area contributed by atoms with Crippen molar-refractivity contribution in [2.45, 2.75) is 13.5 Å². The lowest BCUT2D eigenvalue weighted by molar-refractivity contribution is 0.0785. The van der Waals surface area contributed by atoms with E-state index in [2.05, 4.69) is 25.6 Å². The van der Waals surface area contributed by atoms with Crippen LogP contribution in [0, 0.1) is 12.7 Å². The van der Waals surface area contributed by atoms with Crippen molar-refractivity contribution in [2.24, 2.45) is 7.05 Å². The first-order valence-corrected chi connectivity index (χ1v) is 12.8. The number of anilines is 4. The summed E-state index contributed by atoms with van der Waals surface area (Å²) < 4.78 is 22.9. The number of hydrogen-bond acceptors (Lipinski definition) is 8. The predicted octanol–water partition coefficient (Wildman–Crippen LogP) is 4.84. The maximum atomic E-state index is 15.5. The number of carbonyl (C=O) groups excluding carboxylic acids is 1. The average Bonchev–Trinajstić information content (AvgIpc) is 3.59. The molecule has 3 aromatic heterocycles. The molecule has 3 heterocycles. The maximum absolute atomic E-state index is 15.5. The Morgan fingerprint density at radius 2 is 1.90 bits per heavy atom. The van der Waals surface area contributed by atoms with Crippen LogP contribution in [0.15, 0.2) is 67.0 Å². The highest BCUT2D eigenvalue weighted by molar-refractivity contribution is 5.94. The van der Waals surface area contributed by atoms with Crippen molar-refractivity contribution >= 4 is 29.2 Å². The first-order valence-electron chi connectivity index (χ1n) is 12.8. The molecule has 2 aromatic carbocycles. The summed E-state index contributed by atoms with van der Waals surface area (Å²) in [5, 5.41) is 14.6. The van der Waals surface area contributed by atoms with Gasteiger partial charge in [-0.2, -0.15) is 15.2 Å². The van der Waals surface area contributed by atoms with Crippen LogP contribution in [0.3, 0.4) is 0 Å². The quantitative estimate of drug-likeness (QED) is 0.265. The van der Waals surface area contributed by atoms with Gasteiger partial charge in [0, 0.05) is 56.8 Å². The van der Waals surface area contributed by atoms with E-state index < -0.39 is 5.82 Å². The smallest absolute Gasteiger partial charge is 0.253 e. The topological polar surface area (TPSA) is 117 Å². The van der Waals surface area contributed by atoms with Crippen LogP contribution in [0.2, 0.25) is 0 Å². The fraction of sp³-hybridized carbons (Fsp3) is 0.207. The standard InChI is InChI=1S/C29H30FN9O2/c1-18-13-24(36-35-18)32-27-26(41-5)25(21-15-31-38(3)17-21)33-29(34-27)39(4)23-12-11-19(14-22(23)30)16-37(2)28(40)20-9-7-6-8-10-20/h6-15,17H,16H2,1-5H3,(H2,32,33,34,35,36). The normalized spacial score (nSPS) is 10.9. The first-order chi connectivity index (χ1) is 19.7. The third-order valence-corrected chi connectivity index (χ3v) is 6.45. The molecule has 0 bridgehead atoms. The third-order valence-electron chi connectivity index (χ3n) is 6.45. The van der Waals surface area contributed by atoms with Crippen molar-refractivity contribution in [3.63, 3.8) is 0 Å². The molecule has 0 fully saturated rings. The van der Waals surface area contributed by atoms with Crippen LogP contribution in [0.25, 0.3) is 11.3 Å². The Hall–Kier alpha value is -5.26. The fourth-order valence-electron chi connectivity index (χ4n) is 4.38. The van der Waals surface area contributed by atoms with Crippen molar-refractivity contribution in [2.75, 3.05) is 31.4 Å². The van der Waals surface area contributed by atoms with Crippen LogP contribution >= 0.6 is 0 Å². The molecule has 11 nitrogen and oxygen atoms in total. The molecule has 0 unspecified atom stereocenters. The molecule has 0 spiro atoms. The summed E-state index contributed by atoms with van der Waals surface area (Å²) in [6.45, 7) is 2.13. The highest BCUT2D eigenvalue weighted by atomic mass is 19.1. The first kappa shape index (κ1) is 27.3. The number of aryl methyl sites for hydroxylation is 2. The van der Waals surface area contributed by atoms with Crippen molar-refractivity contribution in [3.05, 3.63) is 89.6 Å². The van der Waals surface area contributed by atoms with Crippen LogP contribution in [0.5, 0.6) is 5.75 Å². The predicted molar refractivity (Wildman–Crippen MR) is 154 cm³/mol. The second-order valence-electron chi connectivity index (χ2n) is 9.59. The van der Waals surface area contributed by atoms with E-state index in [1.54, 1.807) is 72.3 Å². The number of benzene rings is 2. The van der Waals surface area contributed by atoms with E-state index >= 15 is 4.39 Å². The number of nitrogens with zero attached hydrogens (tertiary/aromatic N) is 7. The number of rotatable bonds is 9. The molecule has 0 saturated carbocycles. The number of halogens is 1. The molecule has 0 aliphatic carbocycles. The lowest BCUT2D eigenvalue weighted by Crippen LogP contribution is -2.26. The van der Waals surface area contributed by atoms with E-state index in [-0.39, 0.29) is 24.1 Å². The van der Waals surface area contributed by atoms with Crippen LogP contribution in [-0.2, 0) is 13.6 Å². The second kappa shape index (κ2) is 11.5. The molecular weight excluding hydrogens is 525 g/mol. The minimum absolute atomic E-state index is 0.145. The zero-order chi connectivity index (χ0) is 29.1. The Morgan fingerprint density at radius 3 is 2.54 bits per heavy atom. The minimum Gasteiger partial charge on any atom is -0.491 e. The molecule has 0 aliphatic heterocycles. The highest BCUT2D eigenvalue weighted by Crippen LogP contribution is 2.38. The van der Waals surface area contributed by atoms with Crippen LogP contribution in [0.1, 0.15) is 21.6 Å². The average molecular weight is 556 g/mol. The number of methoxy groups -OCH3 is 1. The van der Waals surface area contributed by atoms with Crippen LogP contribution in [-0.4, -0.2) is 62.0 Å². The molecule has 41 heavy (non-hydrogen) atoms. The summed E-state index contributed by atoms with van der Waals surface area (Å²) in [6.07, 6.45) is 3.47. The lowest BCUT2D eigenvalue weighted by Gasteiger charge is -2.22. The zero-order valence-corrected chi connectivity index (χ0v) is 23.4. The summed E-state index contributed by atoms with van der Waals surface area (Å²) >= 11 is 0. The SMILES string of the molecule is COc1c(Nc2cc(C)[nH]n2)nc(N(C)c2ccc(CN(C)C(=O)c3ccccc3)cc2F)nc1-c1cnn(C)c1. The molecule has 0 saturated heterocycles. The Bertz CT molecular complexity index is 1680. The van der Waals surface area contributed by atoms with Crippen LogP contribution in [0.4, 0.5) is 27.7 Å². The molecule has 0 aliphatic rings. The zero-order valence-electron chi connectivity index (χ0n) is 23.4. The monoisotopic (exact) mass is 555 g/mol. The number of H-pyrrole nitrogens is 1. The molecule has 2 N–H and O–H groups in total. The summed E-state index contributed by atoms with van der Waals surface area (Å²) in [5.41, 5.74) is 3.52. The number of carbonyl (C=O) groups is 1. The third kappa shape index (κ3) is 5.86. The van der Waals surface area contributed by atoms with E-state index in [0.717, 1.165) is 5.69 Å². The molecule has 5 rings (SSSR count). The van der Waals surface area contributed by atoms with Gasteiger partial charge in [0.05, 0.1) is 19.0 Å². The van der Waals surface area contributed by atoms with E-state index in [1.165, 1.54) is 13.2 Å². The van der Waals surface area contributed by atoms with Gasteiger partial charge in [-0.15, -0.1) is 0 Å². The van der Waals surface area contributed by atoms with Gasteiger partial charge in [0.15, 0.2) is 17.4 Å². The van der Waals surface area contributed by atoms with Crippen molar-refractivity contribution < 1.29 is 13.9 Å². The fourth-order valence-corrected chi connectivity index (χ4v) is 4.38. The number of ether oxygens (including phenoxy) is 1. The molecule has 1 amide bonds. The molecular formula is C29H30FN9O2. The van der Waals surface area contributed by atoms with E-state index in [9.17, 15) is 4.79 Å². The van der Waals surface area contributed by atoms with Gasteiger partial charge in [-0.05, 0) is 36.8 Å². The van der Waals surface area contributed by atoms with Gasteiger partial charge in [0.2, 0.25) is 5.95 Å². The second-order valence-corrected chi connectivity index (χ2v) is 9.59. The van der Waals surface area contributed by atoms with Gasteiger partial charge in [-0.3, -0.25) is 14.6 Å². The lowest BCUT2D eigenvalue weighted by atomic mass is 10.1. The van der Waals surface area contributed by atoms with Gasteiger partial charge >= 0.3 is 0 Å². The Kier molecular flexibility index (Phi) is 7.64. The largest absolute Gasteiger partial charge is 0.491 e. The number of nitrogens with one attached hydrogen (secondary N) is 2. The van der Waals surface area contributed by atoms with Gasteiger partial charge in [-0.25, -0.2) is 9.37 Å². The Labute approximate surface area is 236 Å². The van der Waals surface area contributed by atoms with E-state index in [0.29, 0.717) is 39.8 Å². The molecule has 5 aromatic rings. The van der Waals surface area contributed by atoms with Crippen LogP contribution < -0.4 is 15.0 Å². The Morgan fingerprint density at radius 1 is 1.12 bits per heavy atom. The summed E-state index contributed by atoms with van der Waals surface area (Å²) in [5.74, 6) is 0.877.